The van der Waals surface area contributed by atoms with Crippen LogP contribution in [0.25, 0.3) is 21.7 Å². The summed E-state index contributed by atoms with van der Waals surface area (Å²) in [6.07, 6.45) is 2.18. The maximum absolute atomic E-state index is 14.6. The molecule has 0 aliphatic carbocycles. The largest absolute Gasteiger partial charge is 0.383 e. The molecule has 0 saturated carbocycles. The topological polar surface area (TPSA) is 46.0 Å². The van der Waals surface area contributed by atoms with Gasteiger partial charge in [0.05, 0.1) is 10.6 Å². The third-order valence-electron chi connectivity index (χ3n) is 4.29. The van der Waals surface area contributed by atoms with Gasteiger partial charge in [-0.25, -0.2) is 4.39 Å². The second kappa shape index (κ2) is 7.97. The van der Waals surface area contributed by atoms with E-state index in [0.717, 1.165) is 10.4 Å². The van der Waals surface area contributed by atoms with Gasteiger partial charge in [0.25, 0.3) is 0 Å². The Kier molecular flexibility index (Phi) is 5.42. The minimum atomic E-state index is -1.02. The molecule has 0 radical (unpaired) electrons. The average molecular weight is 431 g/mol. The molecular weight excluding hydrogens is 418 g/mol. The molecule has 4 rings (SSSR count). The predicted molar refractivity (Wildman–Crippen MR) is 111 cm³/mol. The fourth-order valence-electron chi connectivity index (χ4n) is 2.94. The Morgan fingerprint density at radius 1 is 1.00 bits per heavy atom. The van der Waals surface area contributed by atoms with Crippen LogP contribution in [0.3, 0.4) is 0 Å². The standard InChI is InChI=1S/C21H13Cl2FN2OS/c22-14-5-3-12(4-6-14)21-18(20(27)13-2-1-9-25-11-13)19(26-28-21)16-8-7-15(23)10-17(16)24/h1-11,20,27H. The first kappa shape index (κ1) is 19.0. The minimum Gasteiger partial charge on any atom is -0.383 e. The Balaban J connectivity index is 1.93. The molecule has 2 aromatic carbocycles. The Morgan fingerprint density at radius 3 is 2.43 bits per heavy atom. The molecule has 2 aromatic heterocycles. The summed E-state index contributed by atoms with van der Waals surface area (Å²) in [5.74, 6) is -0.500. The summed E-state index contributed by atoms with van der Waals surface area (Å²) in [6, 6.07) is 15.1. The molecule has 2 heterocycles. The van der Waals surface area contributed by atoms with Gasteiger partial charge in [-0.1, -0.05) is 41.4 Å². The number of aliphatic hydroxyl groups is 1. The van der Waals surface area contributed by atoms with Crippen LogP contribution in [0.5, 0.6) is 0 Å². The van der Waals surface area contributed by atoms with E-state index in [1.807, 2.05) is 12.1 Å². The number of aliphatic hydroxyl groups excluding tert-OH is 1. The number of hydrogen-bond acceptors (Lipinski definition) is 4. The van der Waals surface area contributed by atoms with Gasteiger partial charge in [0.2, 0.25) is 0 Å². The highest BCUT2D eigenvalue weighted by Crippen LogP contribution is 2.42. The van der Waals surface area contributed by atoms with Crippen LogP contribution in [0.2, 0.25) is 10.0 Å². The Labute approximate surface area is 175 Å². The van der Waals surface area contributed by atoms with Gasteiger partial charge >= 0.3 is 0 Å². The SMILES string of the molecule is OC(c1cccnc1)c1c(-c2ccc(Cl)cc2F)nsc1-c1ccc(Cl)cc1. The van der Waals surface area contributed by atoms with E-state index in [0.29, 0.717) is 26.9 Å². The molecule has 1 N–H and O–H groups in total. The van der Waals surface area contributed by atoms with E-state index in [2.05, 4.69) is 9.36 Å². The van der Waals surface area contributed by atoms with Gasteiger partial charge in [-0.2, -0.15) is 4.37 Å². The van der Waals surface area contributed by atoms with Gasteiger partial charge in [-0.05, 0) is 53.5 Å². The van der Waals surface area contributed by atoms with Crippen molar-refractivity contribution in [2.24, 2.45) is 0 Å². The van der Waals surface area contributed by atoms with Crippen LogP contribution in [-0.4, -0.2) is 14.5 Å². The molecule has 0 fully saturated rings. The van der Waals surface area contributed by atoms with E-state index in [4.69, 9.17) is 23.2 Å². The van der Waals surface area contributed by atoms with Crippen molar-refractivity contribution in [1.82, 2.24) is 9.36 Å². The molecular formula is C21H13Cl2FN2OS. The molecule has 1 unspecified atom stereocenters. The summed E-state index contributed by atoms with van der Waals surface area (Å²) in [5.41, 5.74) is 2.59. The molecule has 28 heavy (non-hydrogen) atoms. The van der Waals surface area contributed by atoms with Crippen LogP contribution in [-0.2, 0) is 0 Å². The van der Waals surface area contributed by atoms with E-state index >= 15 is 0 Å². The first-order chi connectivity index (χ1) is 13.5. The van der Waals surface area contributed by atoms with E-state index in [1.54, 1.807) is 48.8 Å². The van der Waals surface area contributed by atoms with Gasteiger partial charge in [0.1, 0.15) is 11.9 Å². The van der Waals surface area contributed by atoms with E-state index in [-0.39, 0.29) is 5.56 Å². The normalized spacial score (nSPS) is 12.1. The van der Waals surface area contributed by atoms with Crippen LogP contribution in [0.4, 0.5) is 4.39 Å². The van der Waals surface area contributed by atoms with Crippen molar-refractivity contribution in [1.29, 1.82) is 0 Å². The molecule has 1 atom stereocenters. The lowest BCUT2D eigenvalue weighted by molar-refractivity contribution is 0.221. The van der Waals surface area contributed by atoms with Crippen LogP contribution in [0.15, 0.2) is 67.0 Å². The highest BCUT2D eigenvalue weighted by Gasteiger charge is 2.26. The quantitative estimate of drug-likeness (QED) is 0.407. The number of pyridine rings is 1. The highest BCUT2D eigenvalue weighted by atomic mass is 35.5. The smallest absolute Gasteiger partial charge is 0.134 e. The van der Waals surface area contributed by atoms with Crippen molar-refractivity contribution in [2.45, 2.75) is 6.10 Å². The number of benzene rings is 2. The summed E-state index contributed by atoms with van der Waals surface area (Å²) in [6.45, 7) is 0. The maximum atomic E-state index is 14.6. The van der Waals surface area contributed by atoms with Gasteiger partial charge in [0.15, 0.2) is 0 Å². The second-order valence-electron chi connectivity index (χ2n) is 6.09. The van der Waals surface area contributed by atoms with Crippen molar-refractivity contribution in [3.05, 3.63) is 94.0 Å². The molecule has 0 spiro atoms. The van der Waals surface area contributed by atoms with Crippen molar-refractivity contribution < 1.29 is 9.50 Å². The summed E-state index contributed by atoms with van der Waals surface area (Å²) in [4.78, 5) is 4.81. The molecule has 0 amide bonds. The highest BCUT2D eigenvalue weighted by molar-refractivity contribution is 7.10. The summed E-state index contributed by atoms with van der Waals surface area (Å²) in [5, 5.41) is 12.0. The van der Waals surface area contributed by atoms with Crippen molar-refractivity contribution in [2.75, 3.05) is 0 Å². The van der Waals surface area contributed by atoms with Crippen molar-refractivity contribution >= 4 is 34.7 Å². The lowest BCUT2D eigenvalue weighted by Gasteiger charge is -2.14. The lowest BCUT2D eigenvalue weighted by Crippen LogP contribution is -2.03. The summed E-state index contributed by atoms with van der Waals surface area (Å²) >= 11 is 13.1. The lowest BCUT2D eigenvalue weighted by atomic mass is 9.95. The zero-order valence-electron chi connectivity index (χ0n) is 14.3. The number of halogens is 3. The molecule has 0 bridgehead atoms. The fourth-order valence-corrected chi connectivity index (χ4v) is 4.15. The molecule has 3 nitrogen and oxygen atoms in total. The van der Waals surface area contributed by atoms with E-state index in [9.17, 15) is 9.50 Å². The molecule has 4 aromatic rings. The maximum Gasteiger partial charge on any atom is 0.134 e. The van der Waals surface area contributed by atoms with Crippen LogP contribution in [0.1, 0.15) is 17.2 Å². The Hall–Kier alpha value is -2.31. The molecule has 0 saturated heterocycles. The summed E-state index contributed by atoms with van der Waals surface area (Å²) < 4.78 is 19.1. The van der Waals surface area contributed by atoms with Crippen molar-refractivity contribution in [3.63, 3.8) is 0 Å². The monoisotopic (exact) mass is 430 g/mol. The molecule has 140 valence electrons. The summed E-state index contributed by atoms with van der Waals surface area (Å²) in [7, 11) is 0. The van der Waals surface area contributed by atoms with Gasteiger partial charge in [-0.15, -0.1) is 0 Å². The second-order valence-corrected chi connectivity index (χ2v) is 7.74. The van der Waals surface area contributed by atoms with Crippen LogP contribution < -0.4 is 0 Å². The molecule has 7 heteroatoms. The first-order valence-corrected chi connectivity index (χ1v) is 9.86. The van der Waals surface area contributed by atoms with Gasteiger partial charge in [-0.3, -0.25) is 4.98 Å². The predicted octanol–water partition coefficient (Wildman–Crippen LogP) is 6.40. The number of nitrogens with zero attached hydrogens (tertiary/aromatic N) is 2. The Morgan fingerprint density at radius 2 is 1.75 bits per heavy atom. The fraction of sp³-hybridized carbons (Fsp3) is 0.0476. The van der Waals surface area contributed by atoms with Crippen molar-refractivity contribution in [3.8, 4) is 21.7 Å². The minimum absolute atomic E-state index is 0.277. The van der Waals surface area contributed by atoms with Crippen LogP contribution in [0, 0.1) is 5.82 Å². The van der Waals surface area contributed by atoms with Gasteiger partial charge < -0.3 is 5.11 Å². The zero-order valence-corrected chi connectivity index (χ0v) is 16.6. The average Bonchev–Trinajstić information content (AvgIpc) is 3.13. The Bertz CT molecular complexity index is 1120. The first-order valence-electron chi connectivity index (χ1n) is 8.33. The number of aromatic nitrogens is 2. The van der Waals surface area contributed by atoms with Gasteiger partial charge in [0, 0.05) is 39.1 Å². The molecule has 0 aliphatic heterocycles. The van der Waals surface area contributed by atoms with E-state index in [1.165, 1.54) is 17.6 Å². The zero-order chi connectivity index (χ0) is 19.7. The molecule has 0 aliphatic rings. The number of rotatable bonds is 4. The third kappa shape index (κ3) is 3.66. The van der Waals surface area contributed by atoms with Crippen LogP contribution >= 0.6 is 34.7 Å². The van der Waals surface area contributed by atoms with E-state index < -0.39 is 11.9 Å². The third-order valence-corrected chi connectivity index (χ3v) is 5.69. The number of hydrogen-bond donors (Lipinski definition) is 1.